The van der Waals surface area contributed by atoms with Gasteiger partial charge in [0, 0.05) is 30.1 Å². The van der Waals surface area contributed by atoms with E-state index in [0.717, 1.165) is 16.8 Å². The van der Waals surface area contributed by atoms with Crippen LogP contribution in [0, 0.1) is 5.82 Å². The monoisotopic (exact) mass is 352 g/mol. The fourth-order valence-electron chi connectivity index (χ4n) is 3.12. The van der Waals surface area contributed by atoms with Crippen molar-refractivity contribution in [3.8, 4) is 0 Å². The van der Waals surface area contributed by atoms with Gasteiger partial charge in [-0.15, -0.1) is 0 Å². The van der Waals surface area contributed by atoms with Crippen molar-refractivity contribution in [1.82, 2.24) is 0 Å². The molecular weight excluding hydrogens is 331 g/mol. The zero-order valence-electron chi connectivity index (χ0n) is 15.2. The summed E-state index contributed by atoms with van der Waals surface area (Å²) in [7, 11) is 1.96. The Morgan fingerprint density at radius 2 is 1.88 bits per heavy atom. The maximum absolute atomic E-state index is 14.6. The highest BCUT2D eigenvalue weighted by atomic mass is 19.1. The molecule has 0 fully saturated rings. The molecule has 2 aromatic rings. The zero-order valence-corrected chi connectivity index (χ0v) is 15.2. The summed E-state index contributed by atoms with van der Waals surface area (Å²) < 4.78 is 14.6. The third-order valence-electron chi connectivity index (χ3n) is 4.80. The molecule has 0 spiro atoms. The Morgan fingerprint density at radius 3 is 2.50 bits per heavy atom. The van der Waals surface area contributed by atoms with Gasteiger partial charge in [0.1, 0.15) is 5.82 Å². The van der Waals surface area contributed by atoms with E-state index in [9.17, 15) is 9.18 Å². The number of hydrogen-bond donors (Lipinski definition) is 1. The lowest BCUT2D eigenvalue weighted by atomic mass is 9.88. The van der Waals surface area contributed by atoms with Gasteiger partial charge in [-0.2, -0.15) is 0 Å². The van der Waals surface area contributed by atoms with Crippen LogP contribution in [0.4, 0.5) is 15.8 Å². The molecule has 1 aliphatic rings. The quantitative estimate of drug-likeness (QED) is 0.799. The second-order valence-electron chi connectivity index (χ2n) is 7.04. The van der Waals surface area contributed by atoms with E-state index in [-0.39, 0.29) is 16.9 Å². The predicted molar refractivity (Wildman–Crippen MR) is 103 cm³/mol. The smallest absolute Gasteiger partial charge is 0.335 e. The van der Waals surface area contributed by atoms with Gasteiger partial charge in [0.05, 0.1) is 16.8 Å². The molecule has 134 valence electrons. The number of nitrogens with zero attached hydrogens (tertiary/aromatic N) is 2. The topological polar surface area (TPSA) is 52.9 Å². The number of aromatic carboxylic acids is 1. The lowest BCUT2D eigenvalue weighted by Gasteiger charge is -2.40. The molecule has 0 aromatic heterocycles. The Hall–Kier alpha value is -2.95. The minimum atomic E-state index is -0.990. The molecule has 5 heteroatoms. The predicted octanol–water partition coefficient (Wildman–Crippen LogP) is 4.91. The van der Waals surface area contributed by atoms with E-state index in [1.165, 1.54) is 18.3 Å². The highest BCUT2D eigenvalue weighted by Gasteiger charge is 2.29. The van der Waals surface area contributed by atoms with Gasteiger partial charge >= 0.3 is 5.97 Å². The van der Waals surface area contributed by atoms with Crippen LogP contribution >= 0.6 is 0 Å². The van der Waals surface area contributed by atoms with Gasteiger partial charge in [0.2, 0.25) is 0 Å². The van der Waals surface area contributed by atoms with Crippen LogP contribution in [-0.4, -0.2) is 29.9 Å². The summed E-state index contributed by atoms with van der Waals surface area (Å²) in [5, 5.41) is 8.92. The van der Waals surface area contributed by atoms with E-state index in [1.807, 2.05) is 14.0 Å². The van der Waals surface area contributed by atoms with E-state index < -0.39 is 5.97 Å². The van der Waals surface area contributed by atoms with Crippen LogP contribution < -0.4 is 4.90 Å². The highest BCUT2D eigenvalue weighted by molar-refractivity contribution is 5.90. The van der Waals surface area contributed by atoms with Crippen LogP contribution in [0.1, 0.15) is 42.3 Å². The molecule has 2 aromatic carbocycles. The number of likely N-dealkylation sites (N-methyl/N-ethyl adjacent to an activating group) is 1. The Balaban J connectivity index is 1.95. The van der Waals surface area contributed by atoms with Gasteiger partial charge in [-0.05, 0) is 62.7 Å². The van der Waals surface area contributed by atoms with Crippen LogP contribution in [0.15, 0.2) is 47.5 Å². The number of rotatable bonds is 3. The van der Waals surface area contributed by atoms with E-state index >= 15 is 0 Å². The molecule has 0 aliphatic carbocycles. The molecule has 1 aliphatic heterocycles. The Bertz CT molecular complexity index is 928. The number of anilines is 1. The van der Waals surface area contributed by atoms with Crippen molar-refractivity contribution in [2.75, 3.05) is 11.9 Å². The number of carbonyl (C=O) groups is 1. The van der Waals surface area contributed by atoms with Crippen molar-refractivity contribution < 1.29 is 14.3 Å². The van der Waals surface area contributed by atoms with Crippen LogP contribution in [0.5, 0.6) is 0 Å². The van der Waals surface area contributed by atoms with Crippen LogP contribution in [0.3, 0.4) is 0 Å². The summed E-state index contributed by atoms with van der Waals surface area (Å²) in [6.45, 7) is 6.21. The Kier molecular flexibility index (Phi) is 4.40. The molecule has 1 N–H and O–H groups in total. The first-order valence-corrected chi connectivity index (χ1v) is 8.34. The van der Waals surface area contributed by atoms with E-state index in [0.29, 0.717) is 11.3 Å². The lowest BCUT2D eigenvalue weighted by Crippen LogP contribution is -2.42. The van der Waals surface area contributed by atoms with Gasteiger partial charge in [-0.1, -0.05) is 6.08 Å². The molecule has 0 unspecified atom stereocenters. The summed E-state index contributed by atoms with van der Waals surface area (Å²) in [6.07, 6.45) is 3.64. The number of allylic oxidation sites excluding steroid dienone is 1. The second-order valence-corrected chi connectivity index (χ2v) is 7.04. The van der Waals surface area contributed by atoms with Crippen molar-refractivity contribution in [3.05, 3.63) is 65.0 Å². The lowest BCUT2D eigenvalue weighted by molar-refractivity contribution is 0.0697. The third kappa shape index (κ3) is 3.25. The summed E-state index contributed by atoms with van der Waals surface area (Å²) >= 11 is 0. The maximum atomic E-state index is 14.6. The number of hydrogen-bond acceptors (Lipinski definition) is 3. The summed E-state index contributed by atoms with van der Waals surface area (Å²) in [6, 6.07) is 9.49. The van der Waals surface area contributed by atoms with Gasteiger partial charge < -0.3 is 10.0 Å². The number of fused-ring (bicyclic) bond motifs is 1. The Morgan fingerprint density at radius 1 is 1.23 bits per heavy atom. The first-order valence-electron chi connectivity index (χ1n) is 8.34. The first kappa shape index (κ1) is 17.9. The van der Waals surface area contributed by atoms with Crippen LogP contribution in [-0.2, 0) is 0 Å². The summed E-state index contributed by atoms with van der Waals surface area (Å²) in [4.78, 5) is 17.2. The summed E-state index contributed by atoms with van der Waals surface area (Å²) in [5.74, 6) is -1.33. The minimum Gasteiger partial charge on any atom is -0.478 e. The SMILES string of the molecule is CC1=CC(C)(C)N(C)c2cc(F)c(C=Nc3ccc(C(=O)O)cc3)cc21. The number of carboxylic acids is 1. The van der Waals surface area contributed by atoms with E-state index in [2.05, 4.69) is 29.8 Å². The van der Waals surface area contributed by atoms with Crippen molar-refractivity contribution >= 4 is 29.1 Å². The molecule has 0 amide bonds. The number of benzene rings is 2. The number of aliphatic imine (C=N–C) groups is 1. The van der Waals surface area contributed by atoms with Crippen molar-refractivity contribution in [1.29, 1.82) is 0 Å². The third-order valence-corrected chi connectivity index (χ3v) is 4.80. The van der Waals surface area contributed by atoms with Gasteiger partial charge in [0.15, 0.2) is 0 Å². The van der Waals surface area contributed by atoms with Crippen LogP contribution in [0.2, 0.25) is 0 Å². The van der Waals surface area contributed by atoms with Crippen LogP contribution in [0.25, 0.3) is 5.57 Å². The molecule has 0 saturated carbocycles. The standard InChI is InChI=1S/C21H21FN2O2/c1-13-11-21(2,3)24(4)19-10-18(22)15(9-17(13)19)12-23-16-7-5-14(6-8-16)20(25)26/h5-12H,1-4H3,(H,25,26). The molecule has 0 bridgehead atoms. The molecule has 1 heterocycles. The maximum Gasteiger partial charge on any atom is 0.335 e. The molecule has 0 radical (unpaired) electrons. The molecule has 4 nitrogen and oxygen atoms in total. The van der Waals surface area contributed by atoms with Gasteiger partial charge in [-0.3, -0.25) is 4.99 Å². The second kappa shape index (κ2) is 6.41. The van der Waals surface area contributed by atoms with E-state index in [4.69, 9.17) is 5.11 Å². The van der Waals surface area contributed by atoms with Gasteiger partial charge in [-0.25, -0.2) is 9.18 Å². The molecular formula is C21H21FN2O2. The van der Waals surface area contributed by atoms with Crippen molar-refractivity contribution in [3.63, 3.8) is 0 Å². The van der Waals surface area contributed by atoms with Gasteiger partial charge in [0.25, 0.3) is 0 Å². The Labute approximate surface area is 152 Å². The average molecular weight is 352 g/mol. The number of halogens is 1. The number of carboxylic acid groups (broad SMARTS) is 1. The molecule has 0 saturated heterocycles. The summed E-state index contributed by atoms with van der Waals surface area (Å²) in [5.41, 5.74) is 3.92. The average Bonchev–Trinajstić information content (AvgIpc) is 2.58. The zero-order chi connectivity index (χ0) is 19.1. The largest absolute Gasteiger partial charge is 0.478 e. The minimum absolute atomic E-state index is 0.176. The highest BCUT2D eigenvalue weighted by Crippen LogP contribution is 2.38. The molecule has 26 heavy (non-hydrogen) atoms. The fourth-order valence-corrected chi connectivity index (χ4v) is 3.12. The molecule has 3 rings (SSSR count). The molecule has 0 atom stereocenters. The first-order chi connectivity index (χ1) is 12.2. The van der Waals surface area contributed by atoms with Crippen molar-refractivity contribution in [2.24, 2.45) is 4.99 Å². The fraction of sp³-hybridized carbons (Fsp3) is 0.238. The van der Waals surface area contributed by atoms with Crippen molar-refractivity contribution in [2.45, 2.75) is 26.3 Å². The normalized spacial score (nSPS) is 15.7. The van der Waals surface area contributed by atoms with E-state index in [1.54, 1.807) is 24.3 Å².